The lowest BCUT2D eigenvalue weighted by atomic mass is 9.88. The SMILES string of the molecule is CC(C)[C@H]1CC(=O)CC2/C=C/CCSSC[C@@H](NC1=O)C(=O)N[C@H](Cc1ccccc1)C(=O)NCC(=O)O2. The number of ketones is 1. The Morgan fingerprint density at radius 3 is 2.45 bits per heavy atom. The molecule has 3 N–H and O–H groups in total. The molecule has 3 rings (SSSR count). The van der Waals surface area contributed by atoms with E-state index in [1.165, 1.54) is 10.8 Å². The van der Waals surface area contributed by atoms with E-state index in [0.717, 1.165) is 11.3 Å². The van der Waals surface area contributed by atoms with Crippen LogP contribution in [0.3, 0.4) is 0 Å². The van der Waals surface area contributed by atoms with Crippen LogP contribution in [0.1, 0.15) is 38.7 Å². The Kier molecular flexibility index (Phi) is 11.7. The number of hydrogen-bond acceptors (Lipinski definition) is 8. The summed E-state index contributed by atoms with van der Waals surface area (Å²) >= 11 is 0. The molecule has 1 saturated heterocycles. The minimum Gasteiger partial charge on any atom is -0.456 e. The van der Waals surface area contributed by atoms with Gasteiger partial charge in [0, 0.05) is 36.7 Å². The highest BCUT2D eigenvalue weighted by Gasteiger charge is 2.32. The minimum atomic E-state index is -0.975. The van der Waals surface area contributed by atoms with Crippen LogP contribution in [0.4, 0.5) is 0 Å². The number of carbonyl (C=O) groups is 5. The van der Waals surface area contributed by atoms with Gasteiger partial charge in [-0.25, -0.2) is 0 Å². The third-order valence-corrected chi connectivity index (χ3v) is 8.74. The van der Waals surface area contributed by atoms with Crippen molar-refractivity contribution in [3.8, 4) is 0 Å². The van der Waals surface area contributed by atoms with Crippen LogP contribution in [0.15, 0.2) is 42.5 Å². The Hall–Kier alpha value is -2.79. The van der Waals surface area contributed by atoms with E-state index in [2.05, 4.69) is 16.0 Å². The molecule has 1 aromatic carbocycles. The topological polar surface area (TPSA) is 131 Å². The number of ether oxygens (including phenoxy) is 1. The molecule has 2 heterocycles. The first kappa shape index (κ1) is 29.8. The molecule has 0 aliphatic carbocycles. The number of benzene rings is 1. The summed E-state index contributed by atoms with van der Waals surface area (Å²) in [6, 6.07) is 7.32. The number of esters is 1. The Bertz CT molecular complexity index is 1030. The molecule has 1 aromatic rings. The zero-order valence-corrected chi connectivity index (χ0v) is 23.3. The maximum atomic E-state index is 13.4. The number of allylic oxidation sites excluding steroid dienone is 1. The maximum absolute atomic E-state index is 13.4. The predicted molar refractivity (Wildman–Crippen MR) is 148 cm³/mol. The van der Waals surface area contributed by atoms with E-state index in [0.29, 0.717) is 6.42 Å². The summed E-state index contributed by atoms with van der Waals surface area (Å²) in [6.07, 6.45) is 3.52. The lowest BCUT2D eigenvalue weighted by Crippen LogP contribution is -2.56. The molecule has 0 saturated carbocycles. The van der Waals surface area contributed by atoms with Crippen LogP contribution in [-0.2, 0) is 35.1 Å². The summed E-state index contributed by atoms with van der Waals surface area (Å²) in [6.45, 7) is 3.29. The van der Waals surface area contributed by atoms with Gasteiger partial charge in [0.1, 0.15) is 30.5 Å². The molecule has 4 atom stereocenters. The monoisotopic (exact) mass is 561 g/mol. The third kappa shape index (κ3) is 9.50. The molecule has 0 radical (unpaired) electrons. The van der Waals surface area contributed by atoms with Gasteiger partial charge in [0.15, 0.2) is 0 Å². The van der Waals surface area contributed by atoms with Gasteiger partial charge in [0.25, 0.3) is 0 Å². The first-order chi connectivity index (χ1) is 18.2. The molecular weight excluding hydrogens is 526 g/mol. The number of hydrogen-bond donors (Lipinski definition) is 3. The number of fused-ring (bicyclic) bond motifs is 7. The Labute approximate surface area is 231 Å². The second kappa shape index (κ2) is 15.0. The molecule has 0 spiro atoms. The highest BCUT2D eigenvalue weighted by atomic mass is 33.1. The van der Waals surface area contributed by atoms with Crippen molar-refractivity contribution in [2.24, 2.45) is 11.8 Å². The summed E-state index contributed by atoms with van der Waals surface area (Å²) in [7, 11) is 3.00. The molecule has 206 valence electrons. The fraction of sp³-hybridized carbons (Fsp3) is 0.519. The number of rotatable bonds is 3. The summed E-state index contributed by atoms with van der Waals surface area (Å²) in [4.78, 5) is 65.4. The van der Waals surface area contributed by atoms with Gasteiger partial charge in [-0.2, -0.15) is 0 Å². The molecular formula is C27H35N3O6S2. The average Bonchev–Trinajstić information content (AvgIpc) is 2.88. The van der Waals surface area contributed by atoms with Crippen molar-refractivity contribution in [3.63, 3.8) is 0 Å². The van der Waals surface area contributed by atoms with Crippen molar-refractivity contribution >= 4 is 51.1 Å². The molecule has 9 nitrogen and oxygen atoms in total. The van der Waals surface area contributed by atoms with Gasteiger partial charge < -0.3 is 20.7 Å². The van der Waals surface area contributed by atoms with Crippen LogP contribution in [0, 0.1) is 11.8 Å². The van der Waals surface area contributed by atoms with E-state index in [-0.39, 0.29) is 36.7 Å². The van der Waals surface area contributed by atoms with Crippen molar-refractivity contribution in [3.05, 3.63) is 48.0 Å². The van der Waals surface area contributed by atoms with Crippen molar-refractivity contribution in [2.75, 3.05) is 18.1 Å². The summed E-state index contributed by atoms with van der Waals surface area (Å²) in [5.41, 5.74) is 0.824. The van der Waals surface area contributed by atoms with Crippen LogP contribution in [0.5, 0.6) is 0 Å². The minimum absolute atomic E-state index is 0.0327. The van der Waals surface area contributed by atoms with E-state index >= 15 is 0 Å². The highest BCUT2D eigenvalue weighted by Crippen LogP contribution is 2.25. The van der Waals surface area contributed by atoms with Crippen molar-refractivity contribution < 1.29 is 28.7 Å². The molecule has 11 heteroatoms. The zero-order valence-electron chi connectivity index (χ0n) is 21.6. The highest BCUT2D eigenvalue weighted by molar-refractivity contribution is 8.76. The van der Waals surface area contributed by atoms with Gasteiger partial charge in [0.2, 0.25) is 17.7 Å². The molecule has 2 bridgehead atoms. The number of Topliss-reactive ketones (excluding diaryl/α,β-unsaturated/α-hetero) is 1. The zero-order chi connectivity index (χ0) is 27.5. The predicted octanol–water partition coefficient (Wildman–Crippen LogP) is 2.20. The van der Waals surface area contributed by atoms with E-state index in [1.54, 1.807) is 16.9 Å². The fourth-order valence-corrected chi connectivity index (χ4v) is 6.31. The van der Waals surface area contributed by atoms with Crippen LogP contribution in [0.25, 0.3) is 0 Å². The second-order valence-electron chi connectivity index (χ2n) is 9.68. The van der Waals surface area contributed by atoms with Crippen LogP contribution < -0.4 is 16.0 Å². The van der Waals surface area contributed by atoms with Gasteiger partial charge >= 0.3 is 5.97 Å². The van der Waals surface area contributed by atoms with Crippen molar-refractivity contribution in [1.29, 1.82) is 0 Å². The van der Waals surface area contributed by atoms with Crippen molar-refractivity contribution in [1.82, 2.24) is 16.0 Å². The average molecular weight is 562 g/mol. The molecule has 38 heavy (non-hydrogen) atoms. The lowest BCUT2D eigenvalue weighted by Gasteiger charge is -2.26. The van der Waals surface area contributed by atoms with Gasteiger partial charge in [-0.15, -0.1) is 0 Å². The third-order valence-electron chi connectivity index (χ3n) is 6.29. The Balaban J connectivity index is 1.96. The largest absolute Gasteiger partial charge is 0.456 e. The van der Waals surface area contributed by atoms with Crippen LogP contribution >= 0.6 is 21.6 Å². The number of nitrogens with one attached hydrogen (secondary N) is 3. The van der Waals surface area contributed by atoms with Gasteiger partial charge in [0.05, 0.1) is 0 Å². The molecule has 2 aliphatic heterocycles. The van der Waals surface area contributed by atoms with Gasteiger partial charge in [-0.1, -0.05) is 71.8 Å². The lowest BCUT2D eigenvalue weighted by molar-refractivity contribution is -0.148. The molecule has 1 fully saturated rings. The Morgan fingerprint density at radius 2 is 1.71 bits per heavy atom. The Morgan fingerprint density at radius 1 is 0.947 bits per heavy atom. The normalized spacial score (nSPS) is 27.5. The first-order valence-corrected chi connectivity index (χ1v) is 15.3. The number of carbonyl (C=O) groups excluding carboxylic acids is 5. The van der Waals surface area contributed by atoms with Crippen molar-refractivity contribution in [2.45, 2.75) is 57.7 Å². The smallest absolute Gasteiger partial charge is 0.326 e. The summed E-state index contributed by atoms with van der Waals surface area (Å²) in [5, 5.41) is 8.17. The molecule has 3 amide bonds. The molecule has 0 aromatic heterocycles. The van der Waals surface area contributed by atoms with Gasteiger partial charge in [-0.3, -0.25) is 24.0 Å². The van der Waals surface area contributed by atoms with Crippen LogP contribution in [-0.4, -0.2) is 65.7 Å². The fourth-order valence-electron chi connectivity index (χ4n) is 4.16. The van der Waals surface area contributed by atoms with E-state index < -0.39 is 54.3 Å². The maximum Gasteiger partial charge on any atom is 0.326 e. The van der Waals surface area contributed by atoms with E-state index in [9.17, 15) is 24.0 Å². The van der Waals surface area contributed by atoms with E-state index in [1.807, 2.05) is 50.3 Å². The summed E-state index contributed by atoms with van der Waals surface area (Å²) < 4.78 is 5.52. The standard InChI is InChI=1S/C27H35N3O6S2/c1-17(2)21-14-19(31)13-20-10-6-7-11-37-38-16-23(30-25(21)33)27(35)29-22(12-18-8-4-3-5-9-18)26(34)28-15-24(32)36-20/h3-6,8-10,17,20-23H,7,11-16H2,1-2H3,(H,28,34)(H,29,35)(H,30,33)/b10-6+/t20?,21-,22-,23-/m1/s1. The quantitative estimate of drug-likeness (QED) is 0.291. The van der Waals surface area contributed by atoms with Crippen LogP contribution in [0.2, 0.25) is 0 Å². The molecule has 2 aliphatic rings. The second-order valence-corrected chi connectivity index (χ2v) is 12.3. The van der Waals surface area contributed by atoms with Gasteiger partial charge in [-0.05, 0) is 24.0 Å². The number of amides is 3. The summed E-state index contributed by atoms with van der Waals surface area (Å²) in [5.74, 6) is -2.17. The van der Waals surface area contributed by atoms with E-state index in [4.69, 9.17) is 4.74 Å². The first-order valence-electron chi connectivity index (χ1n) is 12.8. The molecule has 1 unspecified atom stereocenters.